The van der Waals surface area contributed by atoms with Gasteiger partial charge in [0.15, 0.2) is 0 Å². The molecule has 0 aliphatic carbocycles. The van der Waals surface area contributed by atoms with E-state index in [0.29, 0.717) is 17.9 Å². The Morgan fingerprint density at radius 3 is 2.44 bits per heavy atom. The van der Waals surface area contributed by atoms with Gasteiger partial charge in [0.25, 0.3) is 11.6 Å². The maximum atomic E-state index is 12.4. The van der Waals surface area contributed by atoms with Crippen LogP contribution in [0.4, 0.5) is 11.4 Å². The number of carbonyl (C=O) groups is 1. The summed E-state index contributed by atoms with van der Waals surface area (Å²) in [7, 11) is 0. The van der Waals surface area contributed by atoms with Crippen molar-refractivity contribution < 1.29 is 14.5 Å². The largest absolute Gasteiger partial charge is 0.494 e. The summed E-state index contributed by atoms with van der Waals surface area (Å²) in [6, 6.07) is 11.3. The molecule has 6 heteroatoms. The number of anilines is 1. The third kappa shape index (κ3) is 6.40. The van der Waals surface area contributed by atoms with E-state index >= 15 is 0 Å². The van der Waals surface area contributed by atoms with E-state index in [4.69, 9.17) is 4.74 Å². The molecule has 2 aromatic carbocycles. The highest BCUT2D eigenvalue weighted by Crippen LogP contribution is 2.23. The number of nitro groups is 1. The monoisotopic (exact) mass is 370 g/mol. The standard InChI is InChI=1S/C21H26N2O4/c1-3-4-5-6-7-14-27-19-12-9-17(10-13-19)21(24)22-20-15-18(23(25)26)11-8-16(20)2/h8-13,15H,3-7,14H2,1-2H3,(H,22,24). The first-order valence-corrected chi connectivity index (χ1v) is 9.30. The van der Waals surface area contributed by atoms with Gasteiger partial charge >= 0.3 is 0 Å². The minimum atomic E-state index is -0.483. The van der Waals surface area contributed by atoms with E-state index in [9.17, 15) is 14.9 Å². The second kappa shape index (κ2) is 10.3. The predicted octanol–water partition coefficient (Wildman–Crippen LogP) is 5.50. The van der Waals surface area contributed by atoms with E-state index in [1.165, 1.54) is 31.4 Å². The van der Waals surface area contributed by atoms with Crippen LogP contribution in [-0.4, -0.2) is 17.4 Å². The van der Waals surface area contributed by atoms with Crippen molar-refractivity contribution in [2.24, 2.45) is 0 Å². The molecule has 0 radical (unpaired) electrons. The summed E-state index contributed by atoms with van der Waals surface area (Å²) in [6.07, 6.45) is 5.90. The zero-order chi connectivity index (χ0) is 19.6. The zero-order valence-corrected chi connectivity index (χ0v) is 15.9. The predicted molar refractivity (Wildman–Crippen MR) is 106 cm³/mol. The van der Waals surface area contributed by atoms with Crippen molar-refractivity contribution in [3.05, 3.63) is 63.7 Å². The van der Waals surface area contributed by atoms with Gasteiger partial charge in [0.05, 0.1) is 17.2 Å². The summed E-state index contributed by atoms with van der Waals surface area (Å²) < 4.78 is 5.69. The SMILES string of the molecule is CCCCCCCOc1ccc(C(=O)Nc2cc([N+](=O)[O-])ccc2C)cc1. The summed E-state index contributed by atoms with van der Waals surface area (Å²) in [5.74, 6) is 0.415. The van der Waals surface area contributed by atoms with Crippen LogP contribution in [0.3, 0.4) is 0 Å². The second-order valence-corrected chi connectivity index (χ2v) is 6.50. The second-order valence-electron chi connectivity index (χ2n) is 6.50. The molecule has 0 aromatic heterocycles. The summed E-state index contributed by atoms with van der Waals surface area (Å²) in [4.78, 5) is 22.8. The van der Waals surface area contributed by atoms with Gasteiger partial charge in [-0.1, -0.05) is 38.7 Å². The topological polar surface area (TPSA) is 81.5 Å². The Morgan fingerprint density at radius 2 is 1.78 bits per heavy atom. The maximum absolute atomic E-state index is 12.4. The lowest BCUT2D eigenvalue weighted by atomic mass is 10.1. The van der Waals surface area contributed by atoms with E-state index in [1.807, 2.05) is 0 Å². The first-order chi connectivity index (χ1) is 13.0. The Labute approximate surface area is 159 Å². The normalized spacial score (nSPS) is 10.4. The number of nitrogens with one attached hydrogen (secondary N) is 1. The Morgan fingerprint density at radius 1 is 1.07 bits per heavy atom. The highest BCUT2D eigenvalue weighted by atomic mass is 16.6. The van der Waals surface area contributed by atoms with Crippen LogP contribution in [0, 0.1) is 17.0 Å². The van der Waals surface area contributed by atoms with Gasteiger partial charge in [-0.2, -0.15) is 0 Å². The minimum absolute atomic E-state index is 0.0569. The number of amides is 1. The first kappa shape index (κ1) is 20.4. The molecule has 6 nitrogen and oxygen atoms in total. The molecule has 0 saturated carbocycles. The molecular formula is C21H26N2O4. The number of non-ortho nitro benzene ring substituents is 1. The average Bonchev–Trinajstić information content (AvgIpc) is 2.66. The average molecular weight is 370 g/mol. The number of nitro benzene ring substituents is 1. The number of hydrogen-bond acceptors (Lipinski definition) is 4. The Bertz CT molecular complexity index is 772. The fourth-order valence-electron chi connectivity index (χ4n) is 2.65. The van der Waals surface area contributed by atoms with Gasteiger partial charge in [0.1, 0.15) is 5.75 Å². The van der Waals surface area contributed by atoms with Gasteiger partial charge in [-0.3, -0.25) is 14.9 Å². The van der Waals surface area contributed by atoms with Crippen molar-refractivity contribution in [1.29, 1.82) is 0 Å². The molecule has 2 rings (SSSR count). The molecule has 0 aliphatic rings. The molecule has 0 saturated heterocycles. The fourth-order valence-corrected chi connectivity index (χ4v) is 2.65. The quantitative estimate of drug-likeness (QED) is 0.340. The van der Waals surface area contributed by atoms with E-state index < -0.39 is 4.92 Å². The van der Waals surface area contributed by atoms with Gasteiger partial charge in [-0.05, 0) is 43.2 Å². The fraction of sp³-hybridized carbons (Fsp3) is 0.381. The molecule has 0 heterocycles. The number of hydrogen-bond donors (Lipinski definition) is 1. The maximum Gasteiger partial charge on any atom is 0.271 e. The van der Waals surface area contributed by atoms with Crippen LogP contribution in [0.5, 0.6) is 5.75 Å². The highest BCUT2D eigenvalue weighted by Gasteiger charge is 2.12. The molecule has 0 fully saturated rings. The zero-order valence-electron chi connectivity index (χ0n) is 15.9. The molecule has 0 spiro atoms. The van der Waals surface area contributed by atoms with Gasteiger partial charge in [0.2, 0.25) is 0 Å². The lowest BCUT2D eigenvalue weighted by molar-refractivity contribution is -0.384. The Hall–Kier alpha value is -2.89. The van der Waals surface area contributed by atoms with Crippen LogP contribution in [0.15, 0.2) is 42.5 Å². The van der Waals surface area contributed by atoms with Crippen LogP contribution >= 0.6 is 0 Å². The van der Waals surface area contributed by atoms with Crippen molar-refractivity contribution in [3.63, 3.8) is 0 Å². The number of nitrogens with zero attached hydrogens (tertiary/aromatic N) is 1. The van der Waals surface area contributed by atoms with Gasteiger partial charge in [-0.15, -0.1) is 0 Å². The molecule has 0 bridgehead atoms. The number of benzene rings is 2. The van der Waals surface area contributed by atoms with Crippen LogP contribution < -0.4 is 10.1 Å². The number of carbonyl (C=O) groups excluding carboxylic acids is 1. The lowest BCUT2D eigenvalue weighted by Crippen LogP contribution is -2.13. The summed E-state index contributed by atoms with van der Waals surface area (Å²) >= 11 is 0. The van der Waals surface area contributed by atoms with Crippen molar-refractivity contribution in [2.75, 3.05) is 11.9 Å². The number of rotatable bonds is 10. The smallest absolute Gasteiger partial charge is 0.271 e. The molecule has 1 amide bonds. The highest BCUT2D eigenvalue weighted by molar-refractivity contribution is 6.04. The molecule has 2 aromatic rings. The number of aryl methyl sites for hydroxylation is 1. The number of ether oxygens (including phenoxy) is 1. The Balaban J connectivity index is 1.90. The van der Waals surface area contributed by atoms with Crippen molar-refractivity contribution in [2.45, 2.75) is 46.0 Å². The van der Waals surface area contributed by atoms with Crippen LogP contribution in [-0.2, 0) is 0 Å². The molecule has 144 valence electrons. The molecular weight excluding hydrogens is 344 g/mol. The van der Waals surface area contributed by atoms with E-state index in [0.717, 1.165) is 24.2 Å². The molecule has 0 unspecified atom stereocenters. The first-order valence-electron chi connectivity index (χ1n) is 9.30. The summed E-state index contributed by atoms with van der Waals surface area (Å²) in [6.45, 7) is 4.65. The lowest BCUT2D eigenvalue weighted by Gasteiger charge is -2.09. The summed E-state index contributed by atoms with van der Waals surface area (Å²) in [5, 5.41) is 13.6. The molecule has 27 heavy (non-hydrogen) atoms. The van der Waals surface area contributed by atoms with Crippen molar-refractivity contribution >= 4 is 17.3 Å². The van der Waals surface area contributed by atoms with Crippen LogP contribution in [0.1, 0.15) is 54.9 Å². The summed E-state index contributed by atoms with van der Waals surface area (Å²) in [5.41, 5.74) is 1.60. The molecule has 1 N–H and O–H groups in total. The van der Waals surface area contributed by atoms with E-state index in [-0.39, 0.29) is 11.6 Å². The third-order valence-corrected chi connectivity index (χ3v) is 4.31. The number of unbranched alkanes of at least 4 members (excludes halogenated alkanes) is 4. The van der Waals surface area contributed by atoms with Gasteiger partial charge < -0.3 is 10.1 Å². The third-order valence-electron chi connectivity index (χ3n) is 4.31. The van der Waals surface area contributed by atoms with Crippen molar-refractivity contribution in [1.82, 2.24) is 0 Å². The Kier molecular flexibility index (Phi) is 7.79. The van der Waals surface area contributed by atoms with Gasteiger partial charge in [-0.25, -0.2) is 0 Å². The van der Waals surface area contributed by atoms with Crippen molar-refractivity contribution in [3.8, 4) is 5.75 Å². The van der Waals surface area contributed by atoms with Crippen LogP contribution in [0.2, 0.25) is 0 Å². The molecule has 0 atom stereocenters. The minimum Gasteiger partial charge on any atom is -0.494 e. The van der Waals surface area contributed by atoms with Gasteiger partial charge in [0, 0.05) is 17.7 Å². The van der Waals surface area contributed by atoms with Crippen LogP contribution in [0.25, 0.3) is 0 Å². The molecule has 0 aliphatic heterocycles. The van der Waals surface area contributed by atoms with E-state index in [1.54, 1.807) is 37.3 Å². The van der Waals surface area contributed by atoms with E-state index in [2.05, 4.69) is 12.2 Å².